The molecule has 0 unspecified atom stereocenters. The summed E-state index contributed by atoms with van der Waals surface area (Å²) in [6, 6.07) is 1.56. The highest BCUT2D eigenvalue weighted by atomic mass is 127. The number of ether oxygens (including phenoxy) is 1. The Bertz CT molecular complexity index is 897. The first-order chi connectivity index (χ1) is 12.6. The predicted octanol–water partition coefficient (Wildman–Crippen LogP) is 3.14. The Hall–Kier alpha value is -2.11. The van der Waals surface area contributed by atoms with Gasteiger partial charge in [0.05, 0.1) is 10.3 Å². The van der Waals surface area contributed by atoms with Gasteiger partial charge in [0.15, 0.2) is 0 Å². The molecule has 0 N–H and O–H groups in total. The Balaban J connectivity index is 1.89. The van der Waals surface area contributed by atoms with E-state index in [9.17, 15) is 14.9 Å². The molecule has 1 fully saturated rings. The van der Waals surface area contributed by atoms with Crippen LogP contribution in [0.2, 0.25) is 0 Å². The summed E-state index contributed by atoms with van der Waals surface area (Å²) in [5.41, 5.74) is 0.816. The van der Waals surface area contributed by atoms with Crippen molar-refractivity contribution in [1.82, 2.24) is 14.7 Å². The Morgan fingerprint density at radius 3 is 2.48 bits per heavy atom. The van der Waals surface area contributed by atoms with Gasteiger partial charge in [0.1, 0.15) is 16.8 Å². The van der Waals surface area contributed by atoms with Gasteiger partial charge in [-0.15, -0.1) is 0 Å². The number of anilines is 1. The van der Waals surface area contributed by atoms with Gasteiger partial charge in [-0.25, -0.2) is 4.79 Å². The topological polar surface area (TPSA) is 93.7 Å². The molecule has 0 saturated carbocycles. The minimum Gasteiger partial charge on any atom is -0.444 e. The van der Waals surface area contributed by atoms with Crippen LogP contribution in [0.1, 0.15) is 20.8 Å². The molecule has 0 atom stereocenters. The van der Waals surface area contributed by atoms with Crippen LogP contribution in [0.15, 0.2) is 12.3 Å². The number of nitro groups is 1. The number of carbonyl (C=O) groups is 1. The van der Waals surface area contributed by atoms with E-state index in [-0.39, 0.29) is 16.7 Å². The number of rotatable bonds is 2. The summed E-state index contributed by atoms with van der Waals surface area (Å²) in [5, 5.41) is 16.8. The van der Waals surface area contributed by atoms with E-state index in [2.05, 4.69) is 27.7 Å². The van der Waals surface area contributed by atoms with E-state index in [4.69, 9.17) is 4.74 Å². The number of nitrogens with zero attached hydrogens (tertiary/aromatic N) is 5. The van der Waals surface area contributed by atoms with Gasteiger partial charge in [0, 0.05) is 49.1 Å². The molecule has 1 aliphatic rings. The zero-order valence-corrected chi connectivity index (χ0v) is 17.9. The number of aryl methyl sites for hydroxylation is 1. The van der Waals surface area contributed by atoms with Crippen LogP contribution in [0.3, 0.4) is 0 Å². The minimum atomic E-state index is -0.551. The Morgan fingerprint density at radius 2 is 1.93 bits per heavy atom. The van der Waals surface area contributed by atoms with Gasteiger partial charge in [-0.1, -0.05) is 0 Å². The Labute approximate surface area is 170 Å². The third-order valence-corrected chi connectivity index (χ3v) is 5.08. The van der Waals surface area contributed by atoms with E-state index < -0.39 is 5.60 Å². The summed E-state index contributed by atoms with van der Waals surface area (Å²) >= 11 is 2.07. The number of piperazine rings is 1. The molecule has 1 amide bonds. The molecule has 27 heavy (non-hydrogen) atoms. The van der Waals surface area contributed by atoms with E-state index in [1.54, 1.807) is 28.9 Å². The summed E-state index contributed by atoms with van der Waals surface area (Å²) in [6.07, 6.45) is 1.45. The van der Waals surface area contributed by atoms with Crippen molar-refractivity contribution in [3.8, 4) is 0 Å². The normalized spacial score (nSPS) is 15.3. The fourth-order valence-electron chi connectivity index (χ4n) is 3.14. The van der Waals surface area contributed by atoms with Crippen molar-refractivity contribution in [3.05, 3.63) is 25.9 Å². The standard InChI is InChI=1S/C17H22IN5O4/c1-17(2,3)27-16(24)22-7-5-21(6-8-22)15-11-10-20(4)19-14(11)12(18)9-13(15)23(25)26/h9-10H,5-8H2,1-4H3. The molecule has 146 valence electrons. The van der Waals surface area contributed by atoms with Gasteiger partial charge in [-0.05, 0) is 43.4 Å². The summed E-state index contributed by atoms with van der Waals surface area (Å²) in [6.45, 7) is 7.36. The number of fused-ring (bicyclic) bond motifs is 1. The van der Waals surface area contributed by atoms with Crippen LogP contribution >= 0.6 is 22.6 Å². The zero-order valence-electron chi connectivity index (χ0n) is 15.7. The molecule has 9 nitrogen and oxygen atoms in total. The molecular weight excluding hydrogens is 465 g/mol. The van der Waals surface area contributed by atoms with E-state index in [1.165, 1.54) is 0 Å². The first kappa shape index (κ1) is 19.6. The largest absolute Gasteiger partial charge is 0.444 e. The van der Waals surface area contributed by atoms with Crippen molar-refractivity contribution in [3.63, 3.8) is 0 Å². The van der Waals surface area contributed by atoms with Crippen LogP contribution in [0.25, 0.3) is 10.9 Å². The molecule has 1 aromatic carbocycles. The average Bonchev–Trinajstić information content (AvgIpc) is 2.95. The first-order valence-electron chi connectivity index (χ1n) is 8.60. The minimum absolute atomic E-state index is 0.0608. The van der Waals surface area contributed by atoms with Gasteiger partial charge in [0.2, 0.25) is 0 Å². The van der Waals surface area contributed by atoms with Crippen LogP contribution < -0.4 is 4.90 Å². The Morgan fingerprint density at radius 1 is 1.30 bits per heavy atom. The van der Waals surface area contributed by atoms with Gasteiger partial charge >= 0.3 is 6.09 Å². The lowest BCUT2D eigenvalue weighted by molar-refractivity contribution is -0.384. The lowest BCUT2D eigenvalue weighted by Gasteiger charge is -2.36. The second kappa shape index (κ2) is 7.13. The number of nitro benzene ring substituents is 1. The van der Waals surface area contributed by atoms with Crippen molar-refractivity contribution in [1.29, 1.82) is 0 Å². The summed E-state index contributed by atoms with van der Waals surface area (Å²) in [7, 11) is 1.80. The monoisotopic (exact) mass is 487 g/mol. The predicted molar refractivity (Wildman–Crippen MR) is 110 cm³/mol. The summed E-state index contributed by atoms with van der Waals surface area (Å²) in [4.78, 5) is 27.2. The molecule has 2 heterocycles. The first-order valence-corrected chi connectivity index (χ1v) is 9.68. The number of benzene rings is 1. The van der Waals surface area contributed by atoms with Gasteiger partial charge in [-0.3, -0.25) is 14.8 Å². The third kappa shape index (κ3) is 4.09. The van der Waals surface area contributed by atoms with Crippen LogP contribution in [-0.2, 0) is 11.8 Å². The van der Waals surface area contributed by atoms with Crippen molar-refractivity contribution in [2.24, 2.45) is 7.05 Å². The van der Waals surface area contributed by atoms with E-state index in [1.807, 2.05) is 25.7 Å². The van der Waals surface area contributed by atoms with E-state index in [0.29, 0.717) is 31.9 Å². The second-order valence-electron chi connectivity index (χ2n) is 7.50. The molecule has 0 bridgehead atoms. The molecule has 1 aliphatic heterocycles. The molecule has 10 heteroatoms. The Kier molecular flexibility index (Phi) is 5.19. The third-order valence-electron chi connectivity index (χ3n) is 4.26. The molecule has 1 aromatic heterocycles. The molecule has 0 spiro atoms. The number of halogens is 1. The van der Waals surface area contributed by atoms with Crippen LogP contribution in [-0.4, -0.2) is 57.5 Å². The quantitative estimate of drug-likeness (QED) is 0.367. The molecule has 0 aliphatic carbocycles. The zero-order chi connectivity index (χ0) is 19.9. The summed E-state index contributed by atoms with van der Waals surface area (Å²) < 4.78 is 7.82. The number of amides is 1. The molecular formula is C17H22IN5O4. The number of aromatic nitrogens is 2. The van der Waals surface area contributed by atoms with Crippen molar-refractivity contribution < 1.29 is 14.5 Å². The van der Waals surface area contributed by atoms with Gasteiger partial charge < -0.3 is 14.5 Å². The SMILES string of the molecule is Cn1cc2c(N3CCN(C(=O)OC(C)(C)C)CC3)c([N+](=O)[O-])cc(I)c2n1. The van der Waals surface area contributed by atoms with Crippen LogP contribution in [0.4, 0.5) is 16.2 Å². The fraction of sp³-hybridized carbons (Fsp3) is 0.529. The maximum Gasteiger partial charge on any atom is 0.410 e. The molecule has 2 aromatic rings. The smallest absolute Gasteiger partial charge is 0.410 e. The number of hydrogen-bond donors (Lipinski definition) is 0. The maximum absolute atomic E-state index is 12.3. The number of hydrogen-bond acceptors (Lipinski definition) is 6. The lowest BCUT2D eigenvalue weighted by atomic mass is 10.1. The average molecular weight is 487 g/mol. The van der Waals surface area contributed by atoms with E-state index in [0.717, 1.165) is 14.5 Å². The lowest BCUT2D eigenvalue weighted by Crippen LogP contribution is -2.50. The van der Waals surface area contributed by atoms with E-state index >= 15 is 0 Å². The highest BCUT2D eigenvalue weighted by Gasteiger charge is 2.31. The maximum atomic E-state index is 12.3. The van der Waals surface area contributed by atoms with Gasteiger partial charge in [0.25, 0.3) is 5.69 Å². The van der Waals surface area contributed by atoms with Gasteiger partial charge in [-0.2, -0.15) is 5.10 Å². The fourth-order valence-corrected chi connectivity index (χ4v) is 3.84. The van der Waals surface area contributed by atoms with Crippen molar-refractivity contribution in [2.45, 2.75) is 26.4 Å². The number of carbonyl (C=O) groups excluding carboxylic acids is 1. The molecule has 0 radical (unpaired) electrons. The van der Waals surface area contributed by atoms with Crippen LogP contribution in [0, 0.1) is 13.7 Å². The van der Waals surface area contributed by atoms with Crippen LogP contribution in [0.5, 0.6) is 0 Å². The van der Waals surface area contributed by atoms with Crippen molar-refractivity contribution >= 4 is 51.0 Å². The molecule has 3 rings (SSSR count). The summed E-state index contributed by atoms with van der Waals surface area (Å²) in [5.74, 6) is 0. The second-order valence-corrected chi connectivity index (χ2v) is 8.66. The highest BCUT2D eigenvalue weighted by Crippen LogP contribution is 2.38. The highest BCUT2D eigenvalue weighted by molar-refractivity contribution is 14.1. The van der Waals surface area contributed by atoms with Crippen molar-refractivity contribution in [2.75, 3.05) is 31.1 Å². The molecule has 1 saturated heterocycles.